The Morgan fingerprint density at radius 1 is 1.59 bits per heavy atom. The average Bonchev–Trinajstić information content (AvgIpc) is 2.85. The van der Waals surface area contributed by atoms with Crippen molar-refractivity contribution < 1.29 is 4.79 Å². The lowest BCUT2D eigenvalue weighted by Gasteiger charge is -2.23. The second kappa shape index (κ2) is 5.62. The minimum absolute atomic E-state index is 0.0634. The molecular formula is C14H18N2O. The number of carbonyl (C=O) groups excluding carboxylic acids is 1. The molecule has 0 bridgehead atoms. The van der Waals surface area contributed by atoms with E-state index < -0.39 is 0 Å². The number of rotatable bonds is 4. The lowest BCUT2D eigenvalue weighted by atomic mass is 10.1. The molecule has 2 heterocycles. The van der Waals surface area contributed by atoms with Gasteiger partial charge in [-0.15, -0.1) is 0 Å². The van der Waals surface area contributed by atoms with Crippen LogP contribution in [0.1, 0.15) is 25.0 Å². The molecule has 0 radical (unpaired) electrons. The molecule has 1 aromatic rings. The summed E-state index contributed by atoms with van der Waals surface area (Å²) in [7, 11) is 0. The third-order valence-corrected chi connectivity index (χ3v) is 3.29. The third-order valence-electron chi connectivity index (χ3n) is 3.29. The number of aryl methyl sites for hydroxylation is 1. The van der Waals surface area contributed by atoms with E-state index in [4.69, 9.17) is 0 Å². The summed E-state index contributed by atoms with van der Waals surface area (Å²) >= 11 is 0. The second-order valence-corrected chi connectivity index (χ2v) is 4.39. The molecule has 1 aliphatic heterocycles. The molecule has 1 fully saturated rings. The van der Waals surface area contributed by atoms with Gasteiger partial charge in [0.25, 0.3) is 0 Å². The molecule has 1 aliphatic rings. The number of amides is 1. The minimum atomic E-state index is 0.0634. The van der Waals surface area contributed by atoms with Crippen molar-refractivity contribution in [3.63, 3.8) is 0 Å². The van der Waals surface area contributed by atoms with Gasteiger partial charge in [0, 0.05) is 24.5 Å². The van der Waals surface area contributed by atoms with Crippen molar-refractivity contribution in [2.24, 2.45) is 0 Å². The predicted octanol–water partition coefficient (Wildman–Crippen LogP) is 2.19. The number of nitrogens with zero attached hydrogens (tertiary/aromatic N) is 2. The highest BCUT2D eigenvalue weighted by atomic mass is 16.2. The van der Waals surface area contributed by atoms with Gasteiger partial charge in [0.15, 0.2) is 0 Å². The Hall–Kier alpha value is -1.64. The maximum Gasteiger partial charge on any atom is 0.246 e. The molecule has 3 nitrogen and oxygen atoms in total. The molecule has 0 unspecified atom stereocenters. The topological polar surface area (TPSA) is 33.2 Å². The predicted molar refractivity (Wildman–Crippen MR) is 67.5 cm³/mol. The van der Waals surface area contributed by atoms with Gasteiger partial charge in [-0.05, 0) is 43.9 Å². The van der Waals surface area contributed by atoms with Crippen LogP contribution in [-0.2, 0) is 11.2 Å². The fourth-order valence-corrected chi connectivity index (χ4v) is 2.40. The first kappa shape index (κ1) is 11.8. The molecule has 0 aliphatic carbocycles. The lowest BCUT2D eigenvalue weighted by Crippen LogP contribution is -2.34. The fourth-order valence-electron chi connectivity index (χ4n) is 2.40. The van der Waals surface area contributed by atoms with Crippen LogP contribution < -0.4 is 0 Å². The number of hydrogen-bond donors (Lipinski definition) is 0. The van der Waals surface area contributed by atoms with Crippen molar-refractivity contribution in [2.45, 2.75) is 31.7 Å². The number of hydrogen-bond acceptors (Lipinski definition) is 2. The molecular weight excluding hydrogens is 212 g/mol. The highest BCUT2D eigenvalue weighted by Gasteiger charge is 2.26. The smallest absolute Gasteiger partial charge is 0.246 e. The van der Waals surface area contributed by atoms with Crippen LogP contribution >= 0.6 is 0 Å². The van der Waals surface area contributed by atoms with E-state index in [1.165, 1.54) is 6.08 Å². The quantitative estimate of drug-likeness (QED) is 0.743. The molecule has 0 spiro atoms. The SMILES string of the molecule is C=CC(=O)N1CCC[C@H]1CCc1ccccn1. The Morgan fingerprint density at radius 3 is 3.18 bits per heavy atom. The van der Waals surface area contributed by atoms with Crippen LogP contribution in [0, 0.1) is 0 Å². The number of pyridine rings is 1. The first-order valence-electron chi connectivity index (χ1n) is 6.14. The number of carbonyl (C=O) groups is 1. The van der Waals surface area contributed by atoms with Crippen LogP contribution in [0.15, 0.2) is 37.1 Å². The summed E-state index contributed by atoms with van der Waals surface area (Å²) in [5, 5.41) is 0. The van der Waals surface area contributed by atoms with Crippen molar-refractivity contribution in [1.82, 2.24) is 9.88 Å². The van der Waals surface area contributed by atoms with Gasteiger partial charge in [-0.2, -0.15) is 0 Å². The van der Waals surface area contributed by atoms with Gasteiger partial charge < -0.3 is 4.90 Å². The molecule has 1 amide bonds. The second-order valence-electron chi connectivity index (χ2n) is 4.39. The highest BCUT2D eigenvalue weighted by molar-refractivity contribution is 5.87. The molecule has 0 N–H and O–H groups in total. The average molecular weight is 230 g/mol. The molecule has 1 aromatic heterocycles. The van der Waals surface area contributed by atoms with Gasteiger partial charge in [0.05, 0.1) is 0 Å². The van der Waals surface area contributed by atoms with Crippen LogP contribution in [0.5, 0.6) is 0 Å². The zero-order valence-electron chi connectivity index (χ0n) is 10.0. The standard InChI is InChI=1S/C14H18N2O/c1-2-14(17)16-11-5-7-13(16)9-8-12-6-3-4-10-15-12/h2-4,6,10,13H,1,5,7-9,11H2/t13-/m0/s1. The van der Waals surface area contributed by atoms with Crippen molar-refractivity contribution in [1.29, 1.82) is 0 Å². The minimum Gasteiger partial charge on any atom is -0.336 e. The first-order chi connectivity index (χ1) is 8.31. The summed E-state index contributed by atoms with van der Waals surface area (Å²) in [5.41, 5.74) is 1.10. The maximum atomic E-state index is 11.6. The van der Waals surface area contributed by atoms with E-state index in [0.717, 1.165) is 37.9 Å². The Bertz CT molecular complexity index is 388. The van der Waals surface area contributed by atoms with Gasteiger partial charge >= 0.3 is 0 Å². The van der Waals surface area contributed by atoms with Gasteiger partial charge in [-0.3, -0.25) is 9.78 Å². The van der Waals surface area contributed by atoms with E-state index in [9.17, 15) is 4.79 Å². The van der Waals surface area contributed by atoms with Crippen LogP contribution in [0.25, 0.3) is 0 Å². The zero-order valence-corrected chi connectivity index (χ0v) is 10.0. The van der Waals surface area contributed by atoms with Gasteiger partial charge in [0.2, 0.25) is 5.91 Å². The van der Waals surface area contributed by atoms with Crippen molar-refractivity contribution in [2.75, 3.05) is 6.54 Å². The summed E-state index contributed by atoms with van der Waals surface area (Å²) in [6.45, 7) is 4.43. The molecule has 0 aromatic carbocycles. The molecule has 1 saturated heterocycles. The molecule has 90 valence electrons. The summed E-state index contributed by atoms with van der Waals surface area (Å²) in [6, 6.07) is 6.33. The van der Waals surface area contributed by atoms with Crippen LogP contribution in [0.3, 0.4) is 0 Å². The van der Waals surface area contributed by atoms with Crippen LogP contribution in [0.2, 0.25) is 0 Å². The van der Waals surface area contributed by atoms with E-state index in [0.29, 0.717) is 6.04 Å². The number of likely N-dealkylation sites (tertiary alicyclic amines) is 1. The molecule has 3 heteroatoms. The molecule has 0 saturated carbocycles. The van der Waals surface area contributed by atoms with Gasteiger partial charge in [-0.1, -0.05) is 12.6 Å². The van der Waals surface area contributed by atoms with Crippen molar-refractivity contribution in [3.05, 3.63) is 42.7 Å². The fraction of sp³-hybridized carbons (Fsp3) is 0.429. The van der Waals surface area contributed by atoms with E-state index in [-0.39, 0.29) is 5.91 Å². The highest BCUT2D eigenvalue weighted by Crippen LogP contribution is 2.21. The lowest BCUT2D eigenvalue weighted by molar-refractivity contribution is -0.126. The molecule has 17 heavy (non-hydrogen) atoms. The zero-order chi connectivity index (χ0) is 12.1. The molecule has 2 rings (SSSR count). The summed E-state index contributed by atoms with van der Waals surface area (Å²) < 4.78 is 0. The largest absolute Gasteiger partial charge is 0.336 e. The van der Waals surface area contributed by atoms with E-state index in [1.807, 2.05) is 29.3 Å². The Balaban J connectivity index is 1.90. The molecule has 1 atom stereocenters. The Labute approximate surface area is 102 Å². The monoisotopic (exact) mass is 230 g/mol. The van der Waals surface area contributed by atoms with Gasteiger partial charge in [-0.25, -0.2) is 0 Å². The van der Waals surface area contributed by atoms with Crippen LogP contribution in [0.4, 0.5) is 0 Å². The summed E-state index contributed by atoms with van der Waals surface area (Å²) in [5.74, 6) is 0.0634. The maximum absolute atomic E-state index is 11.6. The van der Waals surface area contributed by atoms with E-state index >= 15 is 0 Å². The van der Waals surface area contributed by atoms with E-state index in [2.05, 4.69) is 11.6 Å². The Kier molecular flexibility index (Phi) is 3.91. The Morgan fingerprint density at radius 2 is 2.47 bits per heavy atom. The van der Waals surface area contributed by atoms with Crippen LogP contribution in [-0.4, -0.2) is 28.4 Å². The number of aromatic nitrogens is 1. The van der Waals surface area contributed by atoms with Crippen molar-refractivity contribution in [3.8, 4) is 0 Å². The summed E-state index contributed by atoms with van der Waals surface area (Å²) in [6.07, 6.45) is 7.37. The van der Waals surface area contributed by atoms with Crippen molar-refractivity contribution >= 4 is 5.91 Å². The first-order valence-corrected chi connectivity index (χ1v) is 6.14. The van der Waals surface area contributed by atoms with Gasteiger partial charge in [0.1, 0.15) is 0 Å². The summed E-state index contributed by atoms with van der Waals surface area (Å²) in [4.78, 5) is 17.9. The normalized spacial score (nSPS) is 19.3. The van der Waals surface area contributed by atoms with E-state index in [1.54, 1.807) is 0 Å². The third kappa shape index (κ3) is 2.93.